The van der Waals surface area contributed by atoms with E-state index in [1.165, 1.54) is 0 Å². The van der Waals surface area contributed by atoms with Crippen molar-refractivity contribution in [1.29, 1.82) is 0 Å². The molecule has 1 heterocycles. The number of para-hydroxylation sites is 1. The SMILES string of the molecule is O=C(O)C1=Cc2ccccc2Oc2cc(I)ccc21. The molecule has 3 nitrogen and oxygen atoms in total. The molecule has 0 saturated heterocycles. The molecule has 2 aromatic rings. The topological polar surface area (TPSA) is 46.5 Å². The fourth-order valence-corrected chi connectivity index (χ4v) is 2.49. The summed E-state index contributed by atoms with van der Waals surface area (Å²) in [6.45, 7) is 0. The van der Waals surface area contributed by atoms with Gasteiger partial charge in [-0.3, -0.25) is 0 Å². The molecule has 0 saturated carbocycles. The van der Waals surface area contributed by atoms with E-state index in [9.17, 15) is 9.90 Å². The number of carboxylic acids is 1. The molecule has 94 valence electrons. The number of hydrogen-bond acceptors (Lipinski definition) is 2. The van der Waals surface area contributed by atoms with Gasteiger partial charge in [-0.2, -0.15) is 0 Å². The van der Waals surface area contributed by atoms with Crippen LogP contribution in [-0.4, -0.2) is 11.1 Å². The van der Waals surface area contributed by atoms with Crippen LogP contribution < -0.4 is 4.74 Å². The highest BCUT2D eigenvalue weighted by Gasteiger charge is 2.20. The number of benzene rings is 2. The van der Waals surface area contributed by atoms with Gasteiger partial charge in [-0.1, -0.05) is 18.2 Å². The minimum atomic E-state index is -0.956. The molecule has 1 aliphatic rings. The molecule has 0 aliphatic carbocycles. The molecule has 0 unspecified atom stereocenters. The molecule has 19 heavy (non-hydrogen) atoms. The van der Waals surface area contributed by atoms with Gasteiger partial charge in [0.2, 0.25) is 0 Å². The Morgan fingerprint density at radius 3 is 2.68 bits per heavy atom. The first-order chi connectivity index (χ1) is 9.15. The maximum Gasteiger partial charge on any atom is 0.336 e. The van der Waals surface area contributed by atoms with Gasteiger partial charge >= 0.3 is 5.97 Å². The standard InChI is InChI=1S/C15H9IO3/c16-10-5-6-11-12(15(17)18)7-9-3-1-2-4-13(9)19-14(11)8-10/h1-8H,(H,17,18). The summed E-state index contributed by atoms with van der Waals surface area (Å²) >= 11 is 2.18. The van der Waals surface area contributed by atoms with Gasteiger partial charge in [0, 0.05) is 14.7 Å². The van der Waals surface area contributed by atoms with Crippen molar-refractivity contribution in [3.05, 3.63) is 57.2 Å². The van der Waals surface area contributed by atoms with Crippen molar-refractivity contribution >= 4 is 40.2 Å². The van der Waals surface area contributed by atoms with Crippen LogP contribution >= 0.6 is 22.6 Å². The second-order valence-electron chi connectivity index (χ2n) is 4.14. The van der Waals surface area contributed by atoms with Crippen LogP contribution in [0.25, 0.3) is 11.6 Å². The maximum absolute atomic E-state index is 11.4. The van der Waals surface area contributed by atoms with Crippen LogP contribution in [0.2, 0.25) is 0 Å². The van der Waals surface area contributed by atoms with Gasteiger partial charge in [-0.15, -0.1) is 0 Å². The van der Waals surface area contributed by atoms with Crippen LogP contribution in [0.4, 0.5) is 0 Å². The van der Waals surface area contributed by atoms with E-state index < -0.39 is 5.97 Å². The Balaban J connectivity index is 2.29. The van der Waals surface area contributed by atoms with Gasteiger partial charge in [-0.05, 0) is 52.9 Å². The number of fused-ring (bicyclic) bond motifs is 2. The largest absolute Gasteiger partial charge is 0.478 e. The minimum absolute atomic E-state index is 0.247. The second kappa shape index (κ2) is 4.70. The average Bonchev–Trinajstić information content (AvgIpc) is 2.54. The highest BCUT2D eigenvalue weighted by atomic mass is 127. The predicted molar refractivity (Wildman–Crippen MR) is 81.2 cm³/mol. The van der Waals surface area contributed by atoms with Crippen molar-refractivity contribution < 1.29 is 14.6 Å². The Morgan fingerprint density at radius 1 is 1.11 bits per heavy atom. The first-order valence-corrected chi connectivity index (χ1v) is 6.75. The van der Waals surface area contributed by atoms with Gasteiger partial charge in [0.15, 0.2) is 0 Å². The summed E-state index contributed by atoms with van der Waals surface area (Å²) in [6.07, 6.45) is 1.65. The maximum atomic E-state index is 11.4. The molecule has 0 bridgehead atoms. The molecular formula is C15H9IO3. The molecule has 0 spiro atoms. The number of carboxylic acid groups (broad SMARTS) is 1. The lowest BCUT2D eigenvalue weighted by atomic mass is 10.0. The van der Waals surface area contributed by atoms with E-state index in [2.05, 4.69) is 22.6 Å². The molecule has 1 aliphatic heterocycles. The number of halogens is 1. The molecular weight excluding hydrogens is 355 g/mol. The summed E-state index contributed by atoms with van der Waals surface area (Å²) in [5.41, 5.74) is 1.62. The number of aliphatic carboxylic acids is 1. The summed E-state index contributed by atoms with van der Waals surface area (Å²) in [4.78, 5) is 11.4. The van der Waals surface area contributed by atoms with Gasteiger partial charge in [0.1, 0.15) is 11.5 Å². The summed E-state index contributed by atoms with van der Waals surface area (Å²) < 4.78 is 6.84. The number of carbonyl (C=O) groups is 1. The predicted octanol–water partition coefficient (Wildman–Crippen LogP) is 4.02. The third-order valence-electron chi connectivity index (χ3n) is 2.90. The highest BCUT2D eigenvalue weighted by molar-refractivity contribution is 14.1. The van der Waals surface area contributed by atoms with E-state index in [1.54, 1.807) is 12.1 Å². The minimum Gasteiger partial charge on any atom is -0.478 e. The van der Waals surface area contributed by atoms with E-state index in [0.29, 0.717) is 17.1 Å². The van der Waals surface area contributed by atoms with Crippen molar-refractivity contribution in [1.82, 2.24) is 0 Å². The van der Waals surface area contributed by atoms with Crippen LogP contribution in [0.5, 0.6) is 11.5 Å². The van der Waals surface area contributed by atoms with E-state index in [1.807, 2.05) is 36.4 Å². The number of rotatable bonds is 1. The first-order valence-electron chi connectivity index (χ1n) is 5.67. The summed E-state index contributed by atoms with van der Waals surface area (Å²) in [6, 6.07) is 12.9. The van der Waals surface area contributed by atoms with Crippen molar-refractivity contribution in [3.63, 3.8) is 0 Å². The Kier molecular flexibility index (Phi) is 3.02. The molecule has 2 aromatic carbocycles. The molecule has 0 aromatic heterocycles. The van der Waals surface area contributed by atoms with E-state index in [4.69, 9.17) is 4.74 Å². The zero-order valence-corrected chi connectivity index (χ0v) is 11.9. The third kappa shape index (κ3) is 2.23. The molecule has 0 atom stereocenters. The van der Waals surface area contributed by atoms with Gasteiger partial charge in [0.25, 0.3) is 0 Å². The molecule has 3 rings (SSSR count). The monoisotopic (exact) mass is 364 g/mol. The highest BCUT2D eigenvalue weighted by Crippen LogP contribution is 2.38. The Labute approximate surface area is 123 Å². The van der Waals surface area contributed by atoms with Crippen molar-refractivity contribution in [2.45, 2.75) is 0 Å². The van der Waals surface area contributed by atoms with Crippen LogP contribution in [-0.2, 0) is 4.79 Å². The Bertz CT molecular complexity index is 704. The molecule has 0 radical (unpaired) electrons. The van der Waals surface area contributed by atoms with Crippen molar-refractivity contribution in [2.75, 3.05) is 0 Å². The first kappa shape index (κ1) is 12.2. The lowest BCUT2D eigenvalue weighted by Gasteiger charge is -2.09. The van der Waals surface area contributed by atoms with Gasteiger partial charge in [-0.25, -0.2) is 4.79 Å². The smallest absolute Gasteiger partial charge is 0.336 e. The van der Waals surface area contributed by atoms with Crippen molar-refractivity contribution in [3.8, 4) is 11.5 Å². The van der Waals surface area contributed by atoms with Crippen LogP contribution in [0.1, 0.15) is 11.1 Å². The fourth-order valence-electron chi connectivity index (χ4n) is 2.02. The van der Waals surface area contributed by atoms with Crippen molar-refractivity contribution in [2.24, 2.45) is 0 Å². The lowest BCUT2D eigenvalue weighted by molar-refractivity contribution is -0.130. The van der Waals surface area contributed by atoms with Gasteiger partial charge < -0.3 is 9.84 Å². The Hall–Kier alpha value is -1.82. The van der Waals surface area contributed by atoms with Gasteiger partial charge in [0.05, 0.1) is 5.57 Å². The lowest BCUT2D eigenvalue weighted by Crippen LogP contribution is -2.00. The molecule has 0 amide bonds. The zero-order chi connectivity index (χ0) is 13.4. The number of hydrogen-bond donors (Lipinski definition) is 1. The summed E-state index contributed by atoms with van der Waals surface area (Å²) in [7, 11) is 0. The van der Waals surface area contributed by atoms with Crippen LogP contribution in [0.15, 0.2) is 42.5 Å². The van der Waals surface area contributed by atoms with E-state index in [-0.39, 0.29) is 5.57 Å². The zero-order valence-electron chi connectivity index (χ0n) is 9.76. The summed E-state index contributed by atoms with van der Waals surface area (Å²) in [5.74, 6) is 0.287. The van der Waals surface area contributed by atoms with E-state index in [0.717, 1.165) is 9.13 Å². The molecule has 1 N–H and O–H groups in total. The van der Waals surface area contributed by atoms with E-state index >= 15 is 0 Å². The summed E-state index contributed by atoms with van der Waals surface area (Å²) in [5, 5.41) is 9.38. The average molecular weight is 364 g/mol. The van der Waals surface area contributed by atoms with Crippen LogP contribution in [0.3, 0.4) is 0 Å². The number of ether oxygens (including phenoxy) is 1. The molecule has 4 heteroatoms. The fraction of sp³-hybridized carbons (Fsp3) is 0. The molecule has 0 fully saturated rings. The Morgan fingerprint density at radius 2 is 1.89 bits per heavy atom. The quantitative estimate of drug-likeness (QED) is 0.778. The van der Waals surface area contributed by atoms with Crippen LogP contribution in [0, 0.1) is 3.57 Å². The second-order valence-corrected chi connectivity index (χ2v) is 5.39. The third-order valence-corrected chi connectivity index (χ3v) is 3.57. The normalized spacial score (nSPS) is 12.6.